The molecule has 0 saturated carbocycles. The van der Waals surface area contributed by atoms with Crippen molar-refractivity contribution < 1.29 is 4.74 Å². The number of benzene rings is 2. The number of hydrogen-bond donors (Lipinski definition) is 0. The molecule has 0 spiro atoms. The van der Waals surface area contributed by atoms with Crippen molar-refractivity contribution in [2.75, 3.05) is 7.11 Å². The van der Waals surface area contributed by atoms with Crippen LogP contribution in [0.3, 0.4) is 0 Å². The Morgan fingerprint density at radius 1 is 1.08 bits per heavy atom. The molecule has 2 aromatic carbocycles. The van der Waals surface area contributed by atoms with Gasteiger partial charge in [-0.15, -0.1) is 0 Å². The Labute approximate surface area is 150 Å². The zero-order valence-corrected chi connectivity index (χ0v) is 15.0. The molecule has 4 rings (SSSR count). The molecule has 0 saturated heterocycles. The maximum Gasteiger partial charge on any atom is 0.175 e. The van der Waals surface area contributed by atoms with E-state index in [1.165, 1.54) is 0 Å². The average Bonchev–Trinajstić information content (AvgIpc) is 2.99. The Morgan fingerprint density at radius 3 is 2.80 bits per heavy atom. The molecule has 4 aromatic rings. The maximum atomic E-state index is 5.35. The molecule has 126 valence electrons. The first kappa shape index (κ1) is 15.9. The van der Waals surface area contributed by atoms with E-state index in [1.54, 1.807) is 25.2 Å². The standard InChI is InChI=1S/C19H18N4OS/c1-3-10-23-17-7-5-4-6-16(17)22-19(23)25-18-14-11-13(24-2)8-9-15(14)20-12-21-18/h4-9,11-12H,3,10H2,1-2H3. The normalized spacial score (nSPS) is 11.3. The molecule has 2 aromatic heterocycles. The van der Waals surface area contributed by atoms with Crippen LogP contribution in [-0.4, -0.2) is 26.6 Å². The summed E-state index contributed by atoms with van der Waals surface area (Å²) in [6.45, 7) is 3.10. The lowest BCUT2D eigenvalue weighted by molar-refractivity contribution is 0.415. The predicted molar refractivity (Wildman–Crippen MR) is 100 cm³/mol. The predicted octanol–water partition coefficient (Wildman–Crippen LogP) is 4.55. The molecular weight excluding hydrogens is 332 g/mol. The van der Waals surface area contributed by atoms with Crippen LogP contribution in [0, 0.1) is 0 Å². The number of aromatic nitrogens is 4. The van der Waals surface area contributed by atoms with Gasteiger partial charge in [0.05, 0.1) is 23.7 Å². The van der Waals surface area contributed by atoms with E-state index in [1.807, 2.05) is 30.3 Å². The topological polar surface area (TPSA) is 52.8 Å². The third kappa shape index (κ3) is 2.93. The molecule has 0 N–H and O–H groups in total. The highest BCUT2D eigenvalue weighted by Gasteiger charge is 2.14. The quantitative estimate of drug-likeness (QED) is 0.494. The van der Waals surface area contributed by atoms with E-state index in [2.05, 4.69) is 33.6 Å². The largest absolute Gasteiger partial charge is 0.497 e. The van der Waals surface area contributed by atoms with E-state index in [0.29, 0.717) is 0 Å². The average molecular weight is 350 g/mol. The summed E-state index contributed by atoms with van der Waals surface area (Å²) in [4.78, 5) is 13.7. The van der Waals surface area contributed by atoms with E-state index >= 15 is 0 Å². The van der Waals surface area contributed by atoms with Crippen LogP contribution in [0.25, 0.3) is 21.9 Å². The van der Waals surface area contributed by atoms with Crippen molar-refractivity contribution in [1.29, 1.82) is 0 Å². The van der Waals surface area contributed by atoms with Crippen LogP contribution in [0.15, 0.2) is 59.0 Å². The number of fused-ring (bicyclic) bond motifs is 2. The fourth-order valence-corrected chi connectivity index (χ4v) is 3.87. The number of para-hydroxylation sites is 2. The second kappa shape index (κ2) is 6.72. The highest BCUT2D eigenvalue weighted by Crippen LogP contribution is 2.34. The first-order chi connectivity index (χ1) is 12.3. The number of ether oxygens (including phenoxy) is 1. The van der Waals surface area contributed by atoms with E-state index in [4.69, 9.17) is 9.72 Å². The molecule has 2 heterocycles. The fraction of sp³-hybridized carbons (Fsp3) is 0.211. The molecule has 0 aliphatic rings. The van der Waals surface area contributed by atoms with Gasteiger partial charge in [-0.3, -0.25) is 0 Å². The van der Waals surface area contributed by atoms with E-state index < -0.39 is 0 Å². The Morgan fingerprint density at radius 2 is 1.96 bits per heavy atom. The lowest BCUT2D eigenvalue weighted by atomic mass is 10.2. The molecule has 0 amide bonds. The number of methoxy groups -OCH3 is 1. The van der Waals surface area contributed by atoms with Gasteiger partial charge in [0.2, 0.25) is 0 Å². The zero-order valence-electron chi connectivity index (χ0n) is 14.1. The lowest BCUT2D eigenvalue weighted by Gasteiger charge is -2.09. The van der Waals surface area contributed by atoms with Crippen LogP contribution >= 0.6 is 11.8 Å². The number of rotatable bonds is 5. The summed E-state index contributed by atoms with van der Waals surface area (Å²) in [6, 6.07) is 14.1. The first-order valence-electron chi connectivity index (χ1n) is 8.22. The molecule has 0 radical (unpaired) electrons. The molecular formula is C19H18N4OS. The summed E-state index contributed by atoms with van der Waals surface area (Å²) in [5.41, 5.74) is 3.06. The Hall–Kier alpha value is -2.60. The third-order valence-corrected chi connectivity index (χ3v) is 5.07. The fourth-order valence-electron chi connectivity index (χ4n) is 2.88. The summed E-state index contributed by atoms with van der Waals surface area (Å²) >= 11 is 1.57. The van der Waals surface area contributed by atoms with E-state index in [-0.39, 0.29) is 0 Å². The molecule has 0 bridgehead atoms. The van der Waals surface area contributed by atoms with Crippen molar-refractivity contribution in [3.05, 3.63) is 48.8 Å². The summed E-state index contributed by atoms with van der Waals surface area (Å²) in [7, 11) is 1.67. The van der Waals surface area contributed by atoms with Gasteiger partial charge in [0, 0.05) is 11.9 Å². The van der Waals surface area contributed by atoms with E-state index in [9.17, 15) is 0 Å². The minimum atomic E-state index is 0.797. The maximum absolute atomic E-state index is 5.35. The van der Waals surface area contributed by atoms with Gasteiger partial charge in [0.15, 0.2) is 5.16 Å². The molecule has 0 unspecified atom stereocenters. The van der Waals surface area contributed by atoms with Crippen LogP contribution < -0.4 is 4.74 Å². The Kier molecular flexibility index (Phi) is 4.28. The van der Waals surface area contributed by atoms with Crippen LogP contribution in [0.4, 0.5) is 0 Å². The van der Waals surface area contributed by atoms with Crippen molar-refractivity contribution in [3.63, 3.8) is 0 Å². The van der Waals surface area contributed by atoms with Gasteiger partial charge in [-0.1, -0.05) is 19.1 Å². The van der Waals surface area contributed by atoms with Crippen LogP contribution in [-0.2, 0) is 6.54 Å². The summed E-state index contributed by atoms with van der Waals surface area (Å²) in [5, 5.41) is 2.81. The van der Waals surface area contributed by atoms with Crippen molar-refractivity contribution in [2.24, 2.45) is 0 Å². The number of aryl methyl sites for hydroxylation is 1. The zero-order chi connectivity index (χ0) is 17.2. The Balaban J connectivity index is 1.84. The second-order valence-electron chi connectivity index (χ2n) is 5.70. The van der Waals surface area contributed by atoms with Gasteiger partial charge in [-0.25, -0.2) is 15.0 Å². The van der Waals surface area contributed by atoms with Gasteiger partial charge in [-0.2, -0.15) is 0 Å². The number of hydrogen-bond acceptors (Lipinski definition) is 5. The third-order valence-electron chi connectivity index (χ3n) is 4.06. The molecule has 0 aliphatic heterocycles. The van der Waals surface area contributed by atoms with Crippen LogP contribution in [0.1, 0.15) is 13.3 Å². The first-order valence-corrected chi connectivity index (χ1v) is 9.03. The van der Waals surface area contributed by atoms with Gasteiger partial charge in [0.1, 0.15) is 17.1 Å². The molecule has 0 atom stereocenters. The molecule has 0 aliphatic carbocycles. The Bertz CT molecular complexity index is 1040. The minimum Gasteiger partial charge on any atom is -0.497 e. The number of nitrogens with zero attached hydrogens (tertiary/aromatic N) is 4. The monoisotopic (exact) mass is 350 g/mol. The summed E-state index contributed by atoms with van der Waals surface area (Å²) in [5.74, 6) is 0.797. The van der Waals surface area contributed by atoms with Gasteiger partial charge in [0.25, 0.3) is 0 Å². The molecule has 6 heteroatoms. The van der Waals surface area contributed by atoms with Gasteiger partial charge < -0.3 is 9.30 Å². The SMILES string of the molecule is CCCn1c(Sc2ncnc3ccc(OC)cc23)nc2ccccc21. The van der Waals surface area contributed by atoms with Crippen molar-refractivity contribution in [1.82, 2.24) is 19.5 Å². The van der Waals surface area contributed by atoms with Gasteiger partial charge in [-0.05, 0) is 48.5 Å². The smallest absolute Gasteiger partial charge is 0.175 e. The second-order valence-corrected chi connectivity index (χ2v) is 6.65. The summed E-state index contributed by atoms with van der Waals surface area (Å²) < 4.78 is 7.61. The van der Waals surface area contributed by atoms with Crippen LogP contribution in [0.5, 0.6) is 5.75 Å². The van der Waals surface area contributed by atoms with Crippen molar-refractivity contribution in [3.8, 4) is 5.75 Å². The minimum absolute atomic E-state index is 0.797. The highest BCUT2D eigenvalue weighted by atomic mass is 32.2. The molecule has 25 heavy (non-hydrogen) atoms. The van der Waals surface area contributed by atoms with Crippen LogP contribution in [0.2, 0.25) is 0 Å². The summed E-state index contributed by atoms with van der Waals surface area (Å²) in [6.07, 6.45) is 2.65. The van der Waals surface area contributed by atoms with E-state index in [0.717, 1.165) is 50.8 Å². The van der Waals surface area contributed by atoms with Crippen molar-refractivity contribution in [2.45, 2.75) is 30.1 Å². The molecule has 5 nitrogen and oxygen atoms in total. The van der Waals surface area contributed by atoms with Crippen molar-refractivity contribution >= 4 is 33.7 Å². The van der Waals surface area contributed by atoms with Gasteiger partial charge >= 0.3 is 0 Å². The lowest BCUT2D eigenvalue weighted by Crippen LogP contribution is -1.99. The molecule has 0 fully saturated rings. The highest BCUT2D eigenvalue weighted by molar-refractivity contribution is 7.99. The number of imidazole rings is 1.